The van der Waals surface area contributed by atoms with Crippen LogP contribution in [0.1, 0.15) is 13.8 Å². The first-order valence-corrected chi connectivity index (χ1v) is 4.94. The van der Waals surface area contributed by atoms with Crippen LogP contribution in [0.5, 0.6) is 0 Å². The van der Waals surface area contributed by atoms with E-state index in [1.807, 2.05) is 0 Å². The molecule has 0 aromatic heterocycles. The Kier molecular flexibility index (Phi) is 5.69. The van der Waals surface area contributed by atoms with E-state index in [2.05, 4.69) is 45.2 Å². The number of halogens is 2. The SMILES string of the molecule is CCOC(=O)C(C)=C(I)I. The van der Waals surface area contributed by atoms with Gasteiger partial charge < -0.3 is 4.74 Å². The second-order valence-corrected chi connectivity index (χ2v) is 5.83. The number of carbonyl (C=O) groups excluding carboxylic acids is 1. The maximum atomic E-state index is 10.9. The van der Waals surface area contributed by atoms with Crippen LogP contribution in [-0.2, 0) is 9.53 Å². The van der Waals surface area contributed by atoms with Crippen LogP contribution in [0, 0.1) is 0 Å². The molecule has 10 heavy (non-hydrogen) atoms. The van der Waals surface area contributed by atoms with E-state index in [0.717, 1.165) is 1.59 Å². The fourth-order valence-corrected chi connectivity index (χ4v) is 0.757. The molecule has 0 fully saturated rings. The largest absolute Gasteiger partial charge is 0.463 e. The number of carbonyl (C=O) groups is 1. The predicted octanol–water partition coefficient (Wildman–Crippen LogP) is 2.65. The summed E-state index contributed by atoms with van der Waals surface area (Å²) in [6.45, 7) is 3.99. The Morgan fingerprint density at radius 1 is 1.50 bits per heavy atom. The number of ether oxygens (including phenoxy) is 1. The first kappa shape index (κ1) is 10.7. The highest BCUT2D eigenvalue weighted by Crippen LogP contribution is 2.20. The number of rotatable bonds is 2. The molecule has 58 valence electrons. The van der Waals surface area contributed by atoms with Crippen molar-refractivity contribution in [3.63, 3.8) is 0 Å². The van der Waals surface area contributed by atoms with Gasteiger partial charge in [0.25, 0.3) is 0 Å². The molecule has 0 radical (unpaired) electrons. The van der Waals surface area contributed by atoms with Crippen LogP contribution in [0.2, 0.25) is 0 Å². The number of hydrogen-bond acceptors (Lipinski definition) is 2. The molecule has 4 heteroatoms. The van der Waals surface area contributed by atoms with Gasteiger partial charge in [-0.2, -0.15) is 0 Å². The van der Waals surface area contributed by atoms with E-state index in [4.69, 9.17) is 4.74 Å². The highest BCUT2D eigenvalue weighted by Gasteiger charge is 2.06. The Morgan fingerprint density at radius 3 is 2.30 bits per heavy atom. The van der Waals surface area contributed by atoms with Gasteiger partial charge in [0.05, 0.1) is 13.8 Å². The first-order chi connectivity index (χ1) is 4.59. The highest BCUT2D eigenvalue weighted by molar-refractivity contribution is 14.2. The topological polar surface area (TPSA) is 26.3 Å². The molecule has 0 saturated carbocycles. The van der Waals surface area contributed by atoms with Crippen molar-refractivity contribution in [3.05, 3.63) is 7.16 Å². The Labute approximate surface area is 87.7 Å². The average molecular weight is 366 g/mol. The summed E-state index contributed by atoms with van der Waals surface area (Å²) in [5.74, 6) is -0.221. The van der Waals surface area contributed by atoms with E-state index in [9.17, 15) is 4.79 Å². The van der Waals surface area contributed by atoms with Gasteiger partial charge in [-0.15, -0.1) is 0 Å². The van der Waals surface area contributed by atoms with Crippen molar-refractivity contribution in [1.82, 2.24) is 0 Å². The minimum absolute atomic E-state index is 0.221. The van der Waals surface area contributed by atoms with Crippen molar-refractivity contribution in [1.29, 1.82) is 0 Å². The van der Waals surface area contributed by atoms with Gasteiger partial charge in [-0.25, -0.2) is 4.79 Å². The van der Waals surface area contributed by atoms with Crippen molar-refractivity contribution >= 4 is 51.2 Å². The maximum Gasteiger partial charge on any atom is 0.335 e. The first-order valence-electron chi connectivity index (χ1n) is 2.78. The summed E-state index contributed by atoms with van der Waals surface area (Å²) in [5, 5.41) is 0. The molecule has 0 N–H and O–H groups in total. The minimum atomic E-state index is -0.221. The Hall–Kier alpha value is 0.670. The highest BCUT2D eigenvalue weighted by atomic mass is 127. The molecule has 0 aromatic rings. The smallest absolute Gasteiger partial charge is 0.335 e. The van der Waals surface area contributed by atoms with Crippen LogP contribution in [0.25, 0.3) is 0 Å². The molecule has 0 amide bonds. The van der Waals surface area contributed by atoms with Crippen molar-refractivity contribution in [2.24, 2.45) is 0 Å². The van der Waals surface area contributed by atoms with Gasteiger partial charge in [-0.05, 0) is 59.0 Å². The lowest BCUT2D eigenvalue weighted by molar-refractivity contribution is -0.138. The summed E-state index contributed by atoms with van der Waals surface area (Å²) in [4.78, 5) is 10.9. The quantitative estimate of drug-likeness (QED) is 0.427. The molecule has 0 aliphatic carbocycles. The van der Waals surface area contributed by atoms with Gasteiger partial charge in [0.1, 0.15) is 0 Å². The fraction of sp³-hybridized carbons (Fsp3) is 0.500. The monoisotopic (exact) mass is 366 g/mol. The van der Waals surface area contributed by atoms with Gasteiger partial charge >= 0.3 is 5.97 Å². The van der Waals surface area contributed by atoms with Crippen LogP contribution < -0.4 is 0 Å². The van der Waals surface area contributed by atoms with E-state index in [1.54, 1.807) is 13.8 Å². The molecule has 0 atom stereocenters. The Balaban J connectivity index is 4.09. The molecular formula is C6H8I2O2. The molecule has 2 nitrogen and oxygen atoms in total. The normalized spacial score (nSPS) is 8.80. The molecule has 0 unspecified atom stereocenters. The number of hydrogen-bond donors (Lipinski definition) is 0. The Bertz CT molecular complexity index is 159. The molecule has 0 rings (SSSR count). The fourth-order valence-electron chi connectivity index (χ4n) is 0.316. The summed E-state index contributed by atoms with van der Waals surface area (Å²) in [6, 6.07) is 0. The summed E-state index contributed by atoms with van der Waals surface area (Å²) in [5.41, 5.74) is 0.683. The van der Waals surface area contributed by atoms with Crippen LogP contribution >= 0.6 is 45.2 Å². The van der Waals surface area contributed by atoms with Crippen molar-refractivity contribution < 1.29 is 9.53 Å². The van der Waals surface area contributed by atoms with Crippen LogP contribution in [0.4, 0.5) is 0 Å². The molecule has 0 aliphatic heterocycles. The minimum Gasteiger partial charge on any atom is -0.463 e. The molecular weight excluding hydrogens is 358 g/mol. The van der Waals surface area contributed by atoms with Gasteiger partial charge in [0.15, 0.2) is 0 Å². The lowest BCUT2D eigenvalue weighted by atomic mass is 10.4. The lowest BCUT2D eigenvalue weighted by Crippen LogP contribution is -2.04. The Morgan fingerprint density at radius 2 is 2.00 bits per heavy atom. The molecule has 0 bridgehead atoms. The standard InChI is InChI=1S/C6H8I2O2/c1-3-10-6(9)4(2)5(7)8/h3H2,1-2H3. The molecule has 0 spiro atoms. The van der Waals surface area contributed by atoms with Crippen molar-refractivity contribution in [2.75, 3.05) is 6.61 Å². The van der Waals surface area contributed by atoms with E-state index in [1.165, 1.54) is 0 Å². The third-order valence-corrected chi connectivity index (χ3v) is 2.48. The van der Waals surface area contributed by atoms with Crippen molar-refractivity contribution in [3.8, 4) is 0 Å². The zero-order chi connectivity index (χ0) is 8.15. The molecule has 0 aliphatic rings. The second kappa shape index (κ2) is 5.34. The molecule has 0 aromatic carbocycles. The summed E-state index contributed by atoms with van der Waals surface area (Å²) in [7, 11) is 0. The zero-order valence-electron chi connectivity index (χ0n) is 5.78. The number of esters is 1. The summed E-state index contributed by atoms with van der Waals surface area (Å²) in [6.07, 6.45) is 0. The van der Waals surface area contributed by atoms with Gasteiger partial charge in [0, 0.05) is 0 Å². The molecule has 0 heterocycles. The summed E-state index contributed by atoms with van der Waals surface area (Å²) < 4.78 is 5.71. The van der Waals surface area contributed by atoms with Crippen molar-refractivity contribution in [2.45, 2.75) is 13.8 Å². The predicted molar refractivity (Wildman–Crippen MR) is 57.4 cm³/mol. The third-order valence-electron chi connectivity index (χ3n) is 0.865. The van der Waals surface area contributed by atoms with E-state index in [-0.39, 0.29) is 5.97 Å². The van der Waals surface area contributed by atoms with Gasteiger partial charge in [-0.1, -0.05) is 0 Å². The van der Waals surface area contributed by atoms with Crippen LogP contribution in [-0.4, -0.2) is 12.6 Å². The van der Waals surface area contributed by atoms with Crippen LogP contribution in [0.3, 0.4) is 0 Å². The van der Waals surface area contributed by atoms with E-state index >= 15 is 0 Å². The second-order valence-electron chi connectivity index (χ2n) is 1.61. The maximum absolute atomic E-state index is 10.9. The van der Waals surface area contributed by atoms with E-state index < -0.39 is 0 Å². The third kappa shape index (κ3) is 3.75. The van der Waals surface area contributed by atoms with E-state index in [0.29, 0.717) is 12.2 Å². The molecule has 0 saturated heterocycles. The van der Waals surface area contributed by atoms with Crippen LogP contribution in [0.15, 0.2) is 7.16 Å². The average Bonchev–Trinajstić information content (AvgIpc) is 1.87. The van der Waals surface area contributed by atoms with Gasteiger partial charge in [-0.3, -0.25) is 0 Å². The summed E-state index contributed by atoms with van der Waals surface area (Å²) >= 11 is 4.18. The van der Waals surface area contributed by atoms with Gasteiger partial charge in [0.2, 0.25) is 0 Å². The lowest BCUT2D eigenvalue weighted by Gasteiger charge is -2.00. The zero-order valence-corrected chi connectivity index (χ0v) is 10.1.